The SMILES string of the molecule is CC1(C)C(=O)N(c2ccc(Cl)cc2C(=O)O)S1(=O)=O. The molecule has 6 nitrogen and oxygen atoms in total. The molecule has 102 valence electrons. The van der Waals surface area contributed by atoms with Crippen molar-refractivity contribution in [1.82, 2.24) is 0 Å². The Kier molecular flexibility index (Phi) is 2.87. The van der Waals surface area contributed by atoms with E-state index in [1.807, 2.05) is 0 Å². The molecule has 0 aromatic heterocycles. The number of hydrogen-bond donors (Lipinski definition) is 1. The fourth-order valence-corrected chi connectivity index (χ4v) is 3.42. The van der Waals surface area contributed by atoms with E-state index < -0.39 is 26.6 Å². The van der Waals surface area contributed by atoms with Gasteiger partial charge in [-0.2, -0.15) is 0 Å². The lowest BCUT2D eigenvalue weighted by molar-refractivity contribution is -0.120. The first-order chi connectivity index (χ1) is 8.60. The summed E-state index contributed by atoms with van der Waals surface area (Å²) in [6.45, 7) is 2.55. The van der Waals surface area contributed by atoms with Crippen molar-refractivity contribution in [3.63, 3.8) is 0 Å². The van der Waals surface area contributed by atoms with E-state index in [9.17, 15) is 18.0 Å². The van der Waals surface area contributed by atoms with Gasteiger partial charge in [0.15, 0.2) is 4.75 Å². The zero-order chi connectivity index (χ0) is 14.6. The van der Waals surface area contributed by atoms with Crippen LogP contribution in [0.4, 0.5) is 5.69 Å². The molecule has 1 N–H and O–H groups in total. The Morgan fingerprint density at radius 1 is 1.37 bits per heavy atom. The first-order valence-electron chi connectivity index (χ1n) is 5.23. The summed E-state index contributed by atoms with van der Waals surface area (Å²) in [5, 5.41) is 9.20. The predicted molar refractivity (Wildman–Crippen MR) is 68.9 cm³/mol. The molecule has 19 heavy (non-hydrogen) atoms. The largest absolute Gasteiger partial charge is 0.478 e. The highest BCUT2D eigenvalue weighted by molar-refractivity contribution is 7.98. The van der Waals surface area contributed by atoms with Gasteiger partial charge in [0, 0.05) is 5.02 Å². The Bertz CT molecular complexity index is 695. The second-order valence-electron chi connectivity index (χ2n) is 4.55. The number of hydrogen-bond acceptors (Lipinski definition) is 4. The maximum atomic E-state index is 12.0. The number of sulfonamides is 1. The molecule has 0 radical (unpaired) electrons. The third kappa shape index (κ3) is 1.73. The number of rotatable bonds is 2. The first kappa shape index (κ1) is 13.8. The average Bonchev–Trinajstić information content (AvgIpc) is 2.30. The summed E-state index contributed by atoms with van der Waals surface area (Å²) < 4.78 is 23.0. The van der Waals surface area contributed by atoms with Crippen LogP contribution in [-0.4, -0.2) is 30.1 Å². The highest BCUT2D eigenvalue weighted by Crippen LogP contribution is 2.40. The number of benzene rings is 1. The molecule has 1 heterocycles. The van der Waals surface area contributed by atoms with Gasteiger partial charge in [-0.3, -0.25) is 4.79 Å². The number of carbonyl (C=O) groups excluding carboxylic acids is 1. The number of anilines is 1. The van der Waals surface area contributed by atoms with Gasteiger partial charge in [0.2, 0.25) is 0 Å². The van der Waals surface area contributed by atoms with Gasteiger partial charge in [0.05, 0.1) is 11.3 Å². The lowest BCUT2D eigenvalue weighted by Gasteiger charge is -2.43. The van der Waals surface area contributed by atoms with E-state index in [0.29, 0.717) is 4.31 Å². The van der Waals surface area contributed by atoms with E-state index in [1.165, 1.54) is 26.0 Å². The summed E-state index contributed by atoms with van der Waals surface area (Å²) >= 11 is 5.67. The molecule has 1 aliphatic rings. The Hall–Kier alpha value is -1.60. The normalized spacial score (nSPS) is 19.9. The summed E-state index contributed by atoms with van der Waals surface area (Å²) in [5.74, 6) is -2.03. The van der Waals surface area contributed by atoms with Crippen LogP contribution in [0.15, 0.2) is 18.2 Å². The number of amides is 1. The second-order valence-corrected chi connectivity index (χ2v) is 7.32. The summed E-state index contributed by atoms with van der Waals surface area (Å²) in [7, 11) is -3.89. The fraction of sp³-hybridized carbons (Fsp3) is 0.273. The Morgan fingerprint density at radius 2 is 1.95 bits per heavy atom. The molecule has 0 saturated carbocycles. The molecule has 1 aliphatic heterocycles. The lowest BCUT2D eigenvalue weighted by Crippen LogP contribution is -2.68. The standard InChI is InChI=1S/C11H10ClNO5S/c1-11(2)10(16)13(19(11,17)18)8-4-3-6(12)5-7(8)9(14)15/h3-5H,1-2H3,(H,14,15). The van der Waals surface area contributed by atoms with Gasteiger partial charge in [-0.15, -0.1) is 0 Å². The van der Waals surface area contributed by atoms with Crippen molar-refractivity contribution in [3.05, 3.63) is 28.8 Å². The van der Waals surface area contributed by atoms with Crippen LogP contribution in [0, 0.1) is 0 Å². The molecular formula is C11H10ClNO5S. The first-order valence-corrected chi connectivity index (χ1v) is 7.04. The minimum Gasteiger partial charge on any atom is -0.478 e. The van der Waals surface area contributed by atoms with E-state index in [1.54, 1.807) is 0 Å². The zero-order valence-corrected chi connectivity index (χ0v) is 11.6. The molecule has 1 fully saturated rings. The van der Waals surface area contributed by atoms with Gasteiger partial charge < -0.3 is 5.11 Å². The van der Waals surface area contributed by atoms with Crippen LogP contribution in [0.1, 0.15) is 24.2 Å². The zero-order valence-electron chi connectivity index (χ0n) is 10.0. The Morgan fingerprint density at radius 3 is 2.42 bits per heavy atom. The predicted octanol–water partition coefficient (Wildman–Crippen LogP) is 1.49. The van der Waals surface area contributed by atoms with E-state index in [0.717, 1.165) is 6.07 Å². The topological polar surface area (TPSA) is 91.8 Å². The van der Waals surface area contributed by atoms with Crippen LogP contribution in [-0.2, 0) is 14.8 Å². The monoisotopic (exact) mass is 303 g/mol. The smallest absolute Gasteiger partial charge is 0.337 e. The number of halogens is 1. The van der Waals surface area contributed by atoms with Crippen LogP contribution in [0.2, 0.25) is 5.02 Å². The number of carboxylic acid groups (broad SMARTS) is 1. The number of carbonyl (C=O) groups is 2. The molecule has 1 aromatic carbocycles. The van der Waals surface area contributed by atoms with Gasteiger partial charge in [-0.05, 0) is 32.0 Å². The van der Waals surface area contributed by atoms with E-state index in [4.69, 9.17) is 16.7 Å². The minimum atomic E-state index is -3.89. The molecule has 0 spiro atoms. The molecule has 0 bridgehead atoms. The summed E-state index contributed by atoms with van der Waals surface area (Å²) in [6.07, 6.45) is 0. The average molecular weight is 304 g/mol. The van der Waals surface area contributed by atoms with Crippen LogP contribution < -0.4 is 4.31 Å². The second kappa shape index (κ2) is 3.94. The van der Waals surface area contributed by atoms with Crippen molar-refractivity contribution < 1.29 is 23.1 Å². The summed E-state index contributed by atoms with van der Waals surface area (Å²) in [5.41, 5.74) is -0.527. The maximum Gasteiger partial charge on any atom is 0.337 e. The Labute approximate surface area is 114 Å². The molecule has 0 aliphatic carbocycles. The minimum absolute atomic E-state index is 0.144. The van der Waals surface area contributed by atoms with E-state index in [-0.39, 0.29) is 16.3 Å². The molecule has 1 amide bonds. The van der Waals surface area contributed by atoms with Gasteiger partial charge >= 0.3 is 5.97 Å². The molecule has 1 aromatic rings. The highest BCUT2D eigenvalue weighted by atomic mass is 35.5. The molecular weight excluding hydrogens is 294 g/mol. The van der Waals surface area contributed by atoms with Crippen molar-refractivity contribution in [2.75, 3.05) is 4.31 Å². The van der Waals surface area contributed by atoms with Crippen LogP contribution in [0.5, 0.6) is 0 Å². The maximum absolute atomic E-state index is 12.0. The van der Waals surface area contributed by atoms with Gasteiger partial charge in [0.25, 0.3) is 15.9 Å². The summed E-state index contributed by atoms with van der Waals surface area (Å²) in [6, 6.07) is 3.64. The van der Waals surface area contributed by atoms with Gasteiger partial charge in [-0.25, -0.2) is 17.5 Å². The molecule has 0 unspecified atom stereocenters. The lowest BCUT2D eigenvalue weighted by atomic mass is 10.1. The van der Waals surface area contributed by atoms with Crippen molar-refractivity contribution in [1.29, 1.82) is 0 Å². The third-order valence-electron chi connectivity index (χ3n) is 2.99. The van der Waals surface area contributed by atoms with Gasteiger partial charge in [0.1, 0.15) is 0 Å². The molecule has 8 heteroatoms. The van der Waals surface area contributed by atoms with E-state index in [2.05, 4.69) is 0 Å². The van der Waals surface area contributed by atoms with Crippen LogP contribution in [0.3, 0.4) is 0 Å². The number of nitrogens with zero attached hydrogens (tertiary/aromatic N) is 1. The molecule has 0 atom stereocenters. The van der Waals surface area contributed by atoms with E-state index >= 15 is 0 Å². The molecule has 2 rings (SSSR count). The van der Waals surface area contributed by atoms with Crippen molar-refractivity contribution in [3.8, 4) is 0 Å². The van der Waals surface area contributed by atoms with Crippen molar-refractivity contribution in [2.45, 2.75) is 18.6 Å². The summed E-state index contributed by atoms with van der Waals surface area (Å²) in [4.78, 5) is 23.0. The Balaban J connectivity index is 2.63. The number of aromatic carboxylic acids is 1. The van der Waals surface area contributed by atoms with Crippen molar-refractivity contribution in [2.24, 2.45) is 0 Å². The van der Waals surface area contributed by atoms with Crippen LogP contribution in [0.25, 0.3) is 0 Å². The molecule has 1 saturated heterocycles. The van der Waals surface area contributed by atoms with Crippen LogP contribution >= 0.6 is 11.6 Å². The van der Waals surface area contributed by atoms with Crippen molar-refractivity contribution >= 4 is 39.2 Å². The highest BCUT2D eigenvalue weighted by Gasteiger charge is 2.61. The third-order valence-corrected chi connectivity index (χ3v) is 5.54. The number of carboxylic acids is 1. The fourth-order valence-electron chi connectivity index (χ4n) is 1.75. The van der Waals surface area contributed by atoms with Gasteiger partial charge in [-0.1, -0.05) is 11.6 Å². The quantitative estimate of drug-likeness (QED) is 0.893.